The van der Waals surface area contributed by atoms with Crippen LogP contribution in [0.2, 0.25) is 5.02 Å². The Kier molecular flexibility index (Phi) is 6.37. The first-order valence-electron chi connectivity index (χ1n) is 10.3. The van der Waals surface area contributed by atoms with Gasteiger partial charge < -0.3 is 9.64 Å². The summed E-state index contributed by atoms with van der Waals surface area (Å²) in [6.07, 6.45) is 0.960. The van der Waals surface area contributed by atoms with Gasteiger partial charge in [0.05, 0.1) is 5.52 Å². The molecular formula is C23H24ClN3O4S. The number of fused-ring (bicyclic) bond motifs is 1. The average molecular weight is 474 g/mol. The smallest absolute Gasteiger partial charge is 0.263 e. The van der Waals surface area contributed by atoms with Crippen molar-refractivity contribution in [1.82, 2.24) is 14.2 Å². The number of benzene rings is 2. The Bertz CT molecular complexity index is 1260. The van der Waals surface area contributed by atoms with Gasteiger partial charge >= 0.3 is 0 Å². The summed E-state index contributed by atoms with van der Waals surface area (Å²) >= 11 is 5.97. The van der Waals surface area contributed by atoms with Crippen LogP contribution >= 0.6 is 11.6 Å². The number of aromatic nitrogens is 1. The van der Waals surface area contributed by atoms with E-state index < -0.39 is 16.1 Å². The molecule has 1 saturated heterocycles. The standard InChI is InChI=1S/C23H24ClN3O4S/c1-16-13-18-5-3-8-21(22(18)25-15-16)32(29,30)27-11-9-26(10-12-27)23(28)17(2)31-20-7-4-6-19(24)14-20/h3-8,13-15,17H,9-12H2,1-2H3. The summed E-state index contributed by atoms with van der Waals surface area (Å²) in [6, 6.07) is 13.9. The number of piperazine rings is 1. The third-order valence-electron chi connectivity index (χ3n) is 5.44. The van der Waals surface area contributed by atoms with E-state index in [2.05, 4.69) is 4.98 Å². The van der Waals surface area contributed by atoms with E-state index in [4.69, 9.17) is 16.3 Å². The topological polar surface area (TPSA) is 79.8 Å². The minimum atomic E-state index is -3.74. The number of ether oxygens (including phenoxy) is 1. The summed E-state index contributed by atoms with van der Waals surface area (Å²) in [5.74, 6) is 0.322. The van der Waals surface area contributed by atoms with Crippen LogP contribution in [0.4, 0.5) is 0 Å². The molecule has 0 N–H and O–H groups in total. The lowest BCUT2D eigenvalue weighted by molar-refractivity contribution is -0.139. The van der Waals surface area contributed by atoms with Crippen molar-refractivity contribution in [2.24, 2.45) is 0 Å². The highest BCUT2D eigenvalue weighted by Crippen LogP contribution is 2.26. The molecule has 0 spiro atoms. The van der Waals surface area contributed by atoms with Crippen LogP contribution in [0.3, 0.4) is 0 Å². The van der Waals surface area contributed by atoms with Gasteiger partial charge in [-0.2, -0.15) is 4.31 Å². The minimum Gasteiger partial charge on any atom is -0.481 e. The van der Waals surface area contributed by atoms with Gasteiger partial charge in [0, 0.05) is 42.8 Å². The molecule has 2 aromatic carbocycles. The molecule has 32 heavy (non-hydrogen) atoms. The van der Waals surface area contributed by atoms with Crippen LogP contribution in [0, 0.1) is 6.92 Å². The Hall–Kier alpha value is -2.68. The number of nitrogens with zero attached hydrogens (tertiary/aromatic N) is 3. The molecule has 3 aromatic rings. The van der Waals surface area contributed by atoms with E-state index >= 15 is 0 Å². The van der Waals surface area contributed by atoms with Crippen molar-refractivity contribution in [2.45, 2.75) is 24.8 Å². The molecular weight excluding hydrogens is 450 g/mol. The van der Waals surface area contributed by atoms with Gasteiger partial charge in [-0.3, -0.25) is 9.78 Å². The Labute approximate surface area is 192 Å². The fourth-order valence-electron chi connectivity index (χ4n) is 3.79. The van der Waals surface area contributed by atoms with Crippen molar-refractivity contribution in [2.75, 3.05) is 26.2 Å². The van der Waals surface area contributed by atoms with E-state index in [1.54, 1.807) is 54.4 Å². The maximum absolute atomic E-state index is 13.3. The normalized spacial score (nSPS) is 16.2. The number of aryl methyl sites for hydroxylation is 1. The molecule has 0 bridgehead atoms. The Morgan fingerprint density at radius 3 is 2.53 bits per heavy atom. The molecule has 7 nitrogen and oxygen atoms in total. The predicted octanol–water partition coefficient (Wildman–Crippen LogP) is 3.50. The van der Waals surface area contributed by atoms with Crippen LogP contribution in [0.1, 0.15) is 12.5 Å². The fourth-order valence-corrected chi connectivity index (χ4v) is 5.56. The lowest BCUT2D eigenvalue weighted by atomic mass is 10.2. The molecule has 1 unspecified atom stereocenters. The Balaban J connectivity index is 1.44. The van der Waals surface area contributed by atoms with Gasteiger partial charge in [-0.15, -0.1) is 0 Å². The summed E-state index contributed by atoms with van der Waals surface area (Å²) < 4.78 is 33.8. The number of carbonyl (C=O) groups excluding carboxylic acids is 1. The quantitative estimate of drug-likeness (QED) is 0.566. The molecule has 0 aliphatic carbocycles. The second-order valence-electron chi connectivity index (χ2n) is 7.79. The van der Waals surface area contributed by atoms with Gasteiger partial charge in [0.25, 0.3) is 5.91 Å². The number of hydrogen-bond donors (Lipinski definition) is 0. The predicted molar refractivity (Wildman–Crippen MR) is 123 cm³/mol. The van der Waals surface area contributed by atoms with E-state index in [0.29, 0.717) is 29.4 Å². The highest BCUT2D eigenvalue weighted by molar-refractivity contribution is 7.89. The highest BCUT2D eigenvalue weighted by atomic mass is 35.5. The van der Waals surface area contributed by atoms with Gasteiger partial charge in [0.1, 0.15) is 10.6 Å². The van der Waals surface area contributed by atoms with Crippen molar-refractivity contribution in [3.63, 3.8) is 0 Å². The molecule has 0 radical (unpaired) electrons. The van der Waals surface area contributed by atoms with Crippen molar-refractivity contribution in [1.29, 1.82) is 0 Å². The van der Waals surface area contributed by atoms with E-state index in [-0.39, 0.29) is 23.9 Å². The largest absolute Gasteiger partial charge is 0.481 e. The molecule has 1 aliphatic rings. The second kappa shape index (κ2) is 9.05. The molecule has 2 heterocycles. The molecule has 1 amide bonds. The number of amides is 1. The lowest BCUT2D eigenvalue weighted by Gasteiger charge is -2.35. The molecule has 1 fully saturated rings. The van der Waals surface area contributed by atoms with Gasteiger partial charge in [-0.05, 0) is 49.7 Å². The Morgan fingerprint density at radius 2 is 1.81 bits per heavy atom. The number of carbonyl (C=O) groups is 1. The summed E-state index contributed by atoms with van der Waals surface area (Å²) in [5, 5.41) is 1.31. The van der Waals surface area contributed by atoms with Crippen molar-refractivity contribution < 1.29 is 17.9 Å². The zero-order valence-corrected chi connectivity index (χ0v) is 19.4. The van der Waals surface area contributed by atoms with Crippen LogP contribution in [0.5, 0.6) is 5.75 Å². The summed E-state index contributed by atoms with van der Waals surface area (Å²) in [5.41, 5.74) is 1.42. The van der Waals surface area contributed by atoms with Gasteiger partial charge in [-0.1, -0.05) is 29.8 Å². The zero-order chi connectivity index (χ0) is 22.9. The number of para-hydroxylation sites is 1. The number of sulfonamides is 1. The van der Waals surface area contributed by atoms with E-state index in [1.165, 1.54) is 4.31 Å². The summed E-state index contributed by atoms with van der Waals surface area (Å²) in [4.78, 5) is 19.0. The first-order valence-corrected chi connectivity index (χ1v) is 12.1. The van der Waals surface area contributed by atoms with Gasteiger partial charge in [0.15, 0.2) is 6.10 Å². The number of hydrogen-bond acceptors (Lipinski definition) is 5. The Morgan fingerprint density at radius 1 is 1.09 bits per heavy atom. The minimum absolute atomic E-state index is 0.187. The van der Waals surface area contributed by atoms with Crippen LogP contribution in [0.15, 0.2) is 59.6 Å². The molecule has 1 aliphatic heterocycles. The van der Waals surface area contributed by atoms with E-state index in [0.717, 1.165) is 10.9 Å². The summed E-state index contributed by atoms with van der Waals surface area (Å²) in [6.45, 7) is 4.59. The number of halogens is 1. The van der Waals surface area contributed by atoms with Crippen molar-refractivity contribution in [3.05, 3.63) is 65.3 Å². The van der Waals surface area contributed by atoms with Crippen molar-refractivity contribution >= 4 is 38.4 Å². The van der Waals surface area contributed by atoms with Crippen molar-refractivity contribution in [3.8, 4) is 5.75 Å². The molecule has 4 rings (SSSR count). The maximum Gasteiger partial charge on any atom is 0.263 e. The van der Waals surface area contributed by atoms with Crippen LogP contribution in [-0.4, -0.2) is 60.8 Å². The fraction of sp³-hybridized carbons (Fsp3) is 0.304. The third-order valence-corrected chi connectivity index (χ3v) is 7.60. The van der Waals surface area contributed by atoms with E-state index in [1.807, 2.05) is 19.1 Å². The maximum atomic E-state index is 13.3. The number of pyridine rings is 1. The monoisotopic (exact) mass is 473 g/mol. The molecule has 9 heteroatoms. The SMILES string of the molecule is Cc1cnc2c(S(=O)(=O)N3CCN(C(=O)C(C)Oc4cccc(Cl)c4)CC3)cccc2c1. The van der Waals surface area contributed by atoms with Gasteiger partial charge in [0.2, 0.25) is 10.0 Å². The summed E-state index contributed by atoms with van der Waals surface area (Å²) in [7, 11) is -3.74. The van der Waals surface area contributed by atoms with Gasteiger partial charge in [-0.25, -0.2) is 8.42 Å². The highest BCUT2D eigenvalue weighted by Gasteiger charge is 2.33. The average Bonchev–Trinajstić information content (AvgIpc) is 2.78. The second-order valence-corrected chi connectivity index (χ2v) is 10.1. The van der Waals surface area contributed by atoms with Crippen LogP contribution in [0.25, 0.3) is 10.9 Å². The van der Waals surface area contributed by atoms with Crippen LogP contribution in [-0.2, 0) is 14.8 Å². The van der Waals surface area contributed by atoms with Crippen LogP contribution < -0.4 is 4.74 Å². The molecule has 0 saturated carbocycles. The van der Waals surface area contributed by atoms with E-state index in [9.17, 15) is 13.2 Å². The first-order chi connectivity index (χ1) is 15.3. The molecule has 1 atom stereocenters. The lowest BCUT2D eigenvalue weighted by Crippen LogP contribution is -2.53. The number of rotatable bonds is 5. The zero-order valence-electron chi connectivity index (χ0n) is 17.9. The molecule has 168 valence electrons. The first kappa shape index (κ1) is 22.5. The molecule has 1 aromatic heterocycles. The third kappa shape index (κ3) is 4.57.